The molecule has 6 N–H and O–H groups in total. The molecule has 4 aromatic rings. The zero-order valence-electron chi connectivity index (χ0n) is 25.7. The van der Waals surface area contributed by atoms with Crippen LogP contribution in [0.4, 0.5) is 11.4 Å². The van der Waals surface area contributed by atoms with E-state index in [0.29, 0.717) is 51.0 Å². The van der Waals surface area contributed by atoms with E-state index in [4.69, 9.17) is 10.7 Å². The number of rotatable bonds is 11. The smallest absolute Gasteiger partial charge is 0.263 e. The Bertz CT molecular complexity index is 1740. The van der Waals surface area contributed by atoms with Crippen molar-refractivity contribution in [3.05, 3.63) is 65.0 Å². The third-order valence-corrected chi connectivity index (χ3v) is 7.96. The van der Waals surface area contributed by atoms with Gasteiger partial charge >= 0.3 is 0 Å². The number of fused-ring (bicyclic) bond motifs is 1. The van der Waals surface area contributed by atoms with Gasteiger partial charge in [0.1, 0.15) is 9.71 Å². The number of hydrogen-bond donors (Lipinski definition) is 5. The fraction of sp³-hybridized carbons (Fsp3) is 0.303. The van der Waals surface area contributed by atoms with Crippen molar-refractivity contribution in [2.45, 2.75) is 44.3 Å². The van der Waals surface area contributed by atoms with E-state index in [9.17, 15) is 14.4 Å². The molecule has 0 bridgehead atoms. The molecule has 3 amide bonds. The van der Waals surface area contributed by atoms with Gasteiger partial charge in [0.25, 0.3) is 5.91 Å². The minimum Gasteiger partial charge on any atom is -0.397 e. The van der Waals surface area contributed by atoms with Gasteiger partial charge in [0.05, 0.1) is 29.9 Å². The Balaban J connectivity index is 1.32. The Morgan fingerprint density at radius 1 is 1.00 bits per heavy atom. The lowest BCUT2D eigenvalue weighted by atomic mass is 10.1. The lowest BCUT2D eigenvalue weighted by molar-refractivity contribution is -0.122. The molecule has 234 valence electrons. The second-order valence-electron chi connectivity index (χ2n) is 11.1. The van der Waals surface area contributed by atoms with E-state index < -0.39 is 5.54 Å². The molecule has 0 saturated carbocycles. The van der Waals surface area contributed by atoms with E-state index in [0.717, 1.165) is 16.8 Å². The Morgan fingerprint density at radius 3 is 2.51 bits per heavy atom. The predicted molar refractivity (Wildman–Crippen MR) is 183 cm³/mol. The van der Waals surface area contributed by atoms with Crippen molar-refractivity contribution in [2.24, 2.45) is 0 Å². The maximum atomic E-state index is 13.0. The van der Waals surface area contributed by atoms with E-state index in [1.165, 1.54) is 23.1 Å². The molecule has 2 heterocycles. The summed E-state index contributed by atoms with van der Waals surface area (Å²) in [6.45, 7) is 6.44. The van der Waals surface area contributed by atoms with Gasteiger partial charge in [0.15, 0.2) is 5.16 Å². The van der Waals surface area contributed by atoms with E-state index in [1.54, 1.807) is 0 Å². The standard InChI is InChI=1S/C33H37N7O3S2/c1-33(2,3)40-30(43)29-27(34)26-28(38-32(44-4)39-31(26)45-29)22-14-8-15-23(19-22)37-20-25(42)36-18-10-16-24(41)35-17-9-13-21-11-6-5-7-12-21/h5-8,11-12,14-15,19,37H,10,16-18,20,34H2,1-4H3,(H,35,41)(H,36,42)(H,40,43). The van der Waals surface area contributed by atoms with E-state index >= 15 is 0 Å². The first kappa shape index (κ1) is 33.3. The van der Waals surface area contributed by atoms with Crippen LogP contribution in [0.2, 0.25) is 0 Å². The summed E-state index contributed by atoms with van der Waals surface area (Å²) in [4.78, 5) is 47.9. The molecule has 0 fully saturated rings. The van der Waals surface area contributed by atoms with Gasteiger partial charge in [-0.1, -0.05) is 53.9 Å². The molecule has 10 nitrogen and oxygen atoms in total. The average Bonchev–Trinajstić information content (AvgIpc) is 3.36. The van der Waals surface area contributed by atoms with Crippen LogP contribution < -0.4 is 27.0 Å². The summed E-state index contributed by atoms with van der Waals surface area (Å²) in [5.41, 5.74) is 9.44. The third-order valence-electron chi connectivity index (χ3n) is 6.32. The number of aromatic nitrogens is 2. The second-order valence-corrected chi connectivity index (χ2v) is 12.9. The maximum Gasteiger partial charge on any atom is 0.263 e. The molecule has 0 aliphatic carbocycles. The molecule has 0 aliphatic heterocycles. The van der Waals surface area contributed by atoms with Crippen LogP contribution in [0.15, 0.2) is 59.8 Å². The van der Waals surface area contributed by atoms with Gasteiger partial charge in [0, 0.05) is 35.3 Å². The molecule has 2 aromatic carbocycles. The summed E-state index contributed by atoms with van der Waals surface area (Å²) in [6.07, 6.45) is 2.69. The van der Waals surface area contributed by atoms with Crippen molar-refractivity contribution in [3.63, 3.8) is 0 Å². The van der Waals surface area contributed by atoms with Crippen molar-refractivity contribution in [1.82, 2.24) is 25.9 Å². The first-order valence-electron chi connectivity index (χ1n) is 14.4. The number of carbonyl (C=O) groups is 3. The van der Waals surface area contributed by atoms with Gasteiger partial charge in [-0.3, -0.25) is 14.4 Å². The molecule has 0 atom stereocenters. The summed E-state index contributed by atoms with van der Waals surface area (Å²) < 4.78 is 0. The van der Waals surface area contributed by atoms with Crippen LogP contribution in [-0.2, 0) is 9.59 Å². The Kier molecular flexibility index (Phi) is 11.4. The Hall–Kier alpha value is -4.60. The van der Waals surface area contributed by atoms with Crippen LogP contribution in [-0.4, -0.2) is 59.1 Å². The molecule has 2 aromatic heterocycles. The molecule has 0 unspecified atom stereocenters. The van der Waals surface area contributed by atoms with Crippen LogP contribution in [0, 0.1) is 11.8 Å². The van der Waals surface area contributed by atoms with Crippen molar-refractivity contribution in [1.29, 1.82) is 0 Å². The molecular formula is C33H37N7O3S2. The third kappa shape index (κ3) is 9.69. The average molecular weight is 644 g/mol. The first-order valence-corrected chi connectivity index (χ1v) is 16.5. The van der Waals surface area contributed by atoms with Gasteiger partial charge in [0.2, 0.25) is 11.8 Å². The van der Waals surface area contributed by atoms with Crippen LogP contribution in [0.5, 0.6) is 0 Å². The van der Waals surface area contributed by atoms with Gasteiger partial charge in [-0.2, -0.15) is 0 Å². The number of thioether (sulfide) groups is 1. The number of nitrogens with two attached hydrogens (primary N) is 1. The highest BCUT2D eigenvalue weighted by Crippen LogP contribution is 2.40. The molecule has 0 radical (unpaired) electrons. The van der Waals surface area contributed by atoms with Crippen molar-refractivity contribution in [3.8, 4) is 23.1 Å². The Morgan fingerprint density at radius 2 is 1.78 bits per heavy atom. The second kappa shape index (κ2) is 15.4. The summed E-state index contributed by atoms with van der Waals surface area (Å²) in [7, 11) is 0. The Labute approximate surface area is 271 Å². The molecular weight excluding hydrogens is 607 g/mol. The number of thiophene rings is 1. The van der Waals surface area contributed by atoms with Crippen LogP contribution >= 0.6 is 23.1 Å². The van der Waals surface area contributed by atoms with E-state index in [-0.39, 0.29) is 30.8 Å². The summed E-state index contributed by atoms with van der Waals surface area (Å²) >= 11 is 2.65. The normalized spacial score (nSPS) is 10.9. The van der Waals surface area contributed by atoms with E-state index in [2.05, 4.69) is 38.1 Å². The lowest BCUT2D eigenvalue weighted by Gasteiger charge is -2.20. The number of hydrogen-bond acceptors (Lipinski definition) is 9. The summed E-state index contributed by atoms with van der Waals surface area (Å²) in [5, 5.41) is 12.9. The highest BCUT2D eigenvalue weighted by Gasteiger charge is 2.24. The number of nitrogens with zero attached hydrogens (tertiary/aromatic N) is 2. The maximum absolute atomic E-state index is 13.0. The zero-order valence-corrected chi connectivity index (χ0v) is 27.4. The molecule has 0 aliphatic rings. The highest BCUT2D eigenvalue weighted by atomic mass is 32.2. The number of anilines is 2. The number of carbonyl (C=O) groups excluding carboxylic acids is 3. The fourth-order valence-corrected chi connectivity index (χ4v) is 5.68. The van der Waals surface area contributed by atoms with Crippen LogP contribution in [0.3, 0.4) is 0 Å². The number of nitrogen functional groups attached to an aromatic ring is 1. The predicted octanol–water partition coefficient (Wildman–Crippen LogP) is 4.67. The summed E-state index contributed by atoms with van der Waals surface area (Å²) in [5.74, 6) is 5.36. The minimum absolute atomic E-state index is 0.0533. The first-order chi connectivity index (χ1) is 21.5. The van der Waals surface area contributed by atoms with E-state index in [1.807, 2.05) is 81.6 Å². The van der Waals surface area contributed by atoms with Crippen LogP contribution in [0.1, 0.15) is 48.8 Å². The van der Waals surface area contributed by atoms with Gasteiger partial charge in [-0.15, -0.1) is 11.3 Å². The topological polar surface area (TPSA) is 151 Å². The lowest BCUT2D eigenvalue weighted by Crippen LogP contribution is -2.40. The van der Waals surface area contributed by atoms with Gasteiger partial charge in [-0.05, 0) is 57.7 Å². The molecule has 4 rings (SSSR count). The zero-order chi connectivity index (χ0) is 32.4. The van der Waals surface area contributed by atoms with Crippen molar-refractivity contribution in [2.75, 3.05) is 36.9 Å². The van der Waals surface area contributed by atoms with Crippen molar-refractivity contribution >= 4 is 62.4 Å². The largest absolute Gasteiger partial charge is 0.397 e. The molecule has 12 heteroatoms. The van der Waals surface area contributed by atoms with Gasteiger partial charge < -0.3 is 27.0 Å². The summed E-state index contributed by atoms with van der Waals surface area (Å²) in [6, 6.07) is 17.1. The SMILES string of the molecule is CSc1nc(-c2cccc(NCC(=O)NCCCC(=O)NCC#Cc3ccccc3)c2)c2c(N)c(C(=O)NC(C)(C)C)sc2n1. The fourth-order valence-electron chi connectivity index (χ4n) is 4.27. The van der Waals surface area contributed by atoms with Crippen LogP contribution in [0.25, 0.3) is 21.5 Å². The molecule has 0 saturated heterocycles. The van der Waals surface area contributed by atoms with Gasteiger partial charge in [-0.25, -0.2) is 9.97 Å². The molecule has 45 heavy (non-hydrogen) atoms. The monoisotopic (exact) mass is 643 g/mol. The van der Waals surface area contributed by atoms with Crippen molar-refractivity contribution < 1.29 is 14.4 Å². The highest BCUT2D eigenvalue weighted by molar-refractivity contribution is 7.98. The molecule has 0 spiro atoms. The quantitative estimate of drug-likeness (QED) is 0.0685. The number of benzene rings is 2. The number of amides is 3. The minimum atomic E-state index is -0.419. The number of nitrogens with one attached hydrogen (secondary N) is 4.